The summed E-state index contributed by atoms with van der Waals surface area (Å²) in [6, 6.07) is 4.04. The molecule has 0 atom stereocenters. The van der Waals surface area contributed by atoms with Crippen molar-refractivity contribution in [3.63, 3.8) is 0 Å². The number of carbonyl (C=O) groups is 2. The summed E-state index contributed by atoms with van der Waals surface area (Å²) >= 11 is 0. The number of aliphatic hydroxyl groups excluding tert-OH is 1. The van der Waals surface area contributed by atoms with Gasteiger partial charge in [-0.1, -0.05) is 11.3 Å². The van der Waals surface area contributed by atoms with E-state index in [0.717, 1.165) is 0 Å². The second-order valence-corrected chi connectivity index (χ2v) is 7.80. The first kappa shape index (κ1) is 25.8. The number of hydrogen-bond acceptors (Lipinski definition) is 6. The van der Waals surface area contributed by atoms with E-state index in [9.17, 15) is 27.9 Å². The minimum absolute atomic E-state index is 0.0267. The molecule has 0 unspecified atom stereocenters. The molecule has 0 aliphatic carbocycles. The maximum atomic E-state index is 12.4. The Morgan fingerprint density at radius 2 is 2.00 bits per heavy atom. The standard InChI is InChI=1S/C21H26F3N5O4/c1-4-5-6-9-33-17-10-14(18(31)25-12-21(22,23)24)7-8-16(17)29-11-15(27-28-29)19(32)26-20(2,3)13-30/h4,7-8,10-11,30H,1,5-6,9,12-13H2,2-3H3,(H,25,31)(H,26,32). The maximum absolute atomic E-state index is 12.4. The van der Waals surface area contributed by atoms with Gasteiger partial charge in [-0.25, -0.2) is 4.68 Å². The highest BCUT2D eigenvalue weighted by atomic mass is 19.4. The number of aromatic nitrogens is 3. The summed E-state index contributed by atoms with van der Waals surface area (Å²) in [5.74, 6) is -1.30. The first-order valence-electron chi connectivity index (χ1n) is 10.0. The fourth-order valence-corrected chi connectivity index (χ4v) is 2.55. The molecule has 0 fully saturated rings. The maximum Gasteiger partial charge on any atom is 0.405 e. The van der Waals surface area contributed by atoms with Gasteiger partial charge in [0.2, 0.25) is 0 Å². The predicted molar refractivity (Wildman–Crippen MR) is 113 cm³/mol. The number of unbranched alkanes of at least 4 members (excludes halogenated alkanes) is 1. The van der Waals surface area contributed by atoms with Crippen LogP contribution in [0.15, 0.2) is 37.1 Å². The normalized spacial score (nSPS) is 11.7. The lowest BCUT2D eigenvalue weighted by atomic mass is 10.1. The highest BCUT2D eigenvalue weighted by Crippen LogP contribution is 2.25. The van der Waals surface area contributed by atoms with E-state index >= 15 is 0 Å². The molecule has 2 aromatic rings. The van der Waals surface area contributed by atoms with Crippen LogP contribution in [0.25, 0.3) is 5.69 Å². The molecule has 180 valence electrons. The van der Waals surface area contributed by atoms with Crippen LogP contribution in [-0.2, 0) is 0 Å². The van der Waals surface area contributed by atoms with Crippen LogP contribution >= 0.6 is 0 Å². The molecule has 0 saturated carbocycles. The Balaban J connectivity index is 2.29. The summed E-state index contributed by atoms with van der Waals surface area (Å²) in [6.45, 7) is 5.39. The minimum atomic E-state index is -4.54. The summed E-state index contributed by atoms with van der Waals surface area (Å²) in [5.41, 5.74) is -0.606. The van der Waals surface area contributed by atoms with Crippen molar-refractivity contribution in [1.29, 1.82) is 0 Å². The van der Waals surface area contributed by atoms with Gasteiger partial charge in [0.15, 0.2) is 5.69 Å². The molecule has 2 rings (SSSR count). The summed E-state index contributed by atoms with van der Waals surface area (Å²) < 4.78 is 44.2. The Bertz CT molecular complexity index is 989. The lowest BCUT2D eigenvalue weighted by molar-refractivity contribution is -0.123. The average molecular weight is 469 g/mol. The lowest BCUT2D eigenvalue weighted by Crippen LogP contribution is -2.46. The van der Waals surface area contributed by atoms with Gasteiger partial charge >= 0.3 is 6.18 Å². The molecule has 0 radical (unpaired) electrons. The number of nitrogens with zero attached hydrogens (tertiary/aromatic N) is 3. The zero-order valence-electron chi connectivity index (χ0n) is 18.3. The number of allylic oxidation sites excluding steroid dienone is 1. The first-order chi connectivity index (χ1) is 15.5. The zero-order valence-corrected chi connectivity index (χ0v) is 18.3. The molecule has 0 aliphatic heterocycles. The molecule has 0 bridgehead atoms. The fraction of sp³-hybridized carbons (Fsp3) is 0.429. The Morgan fingerprint density at radius 1 is 1.27 bits per heavy atom. The van der Waals surface area contributed by atoms with E-state index in [1.165, 1.54) is 29.1 Å². The third-order valence-electron chi connectivity index (χ3n) is 4.30. The van der Waals surface area contributed by atoms with Crippen molar-refractivity contribution in [3.05, 3.63) is 48.3 Å². The van der Waals surface area contributed by atoms with Crippen molar-refractivity contribution < 1.29 is 32.6 Å². The smallest absolute Gasteiger partial charge is 0.405 e. The number of aliphatic hydroxyl groups is 1. The number of amides is 2. The van der Waals surface area contributed by atoms with Crippen LogP contribution in [0.1, 0.15) is 47.5 Å². The van der Waals surface area contributed by atoms with Crippen LogP contribution in [0.5, 0.6) is 5.75 Å². The molecule has 33 heavy (non-hydrogen) atoms. The van der Waals surface area contributed by atoms with E-state index in [1.54, 1.807) is 19.9 Å². The molecule has 1 aromatic carbocycles. The van der Waals surface area contributed by atoms with Gasteiger partial charge in [-0.3, -0.25) is 9.59 Å². The van der Waals surface area contributed by atoms with Crippen LogP contribution < -0.4 is 15.4 Å². The summed E-state index contributed by atoms with van der Waals surface area (Å²) in [7, 11) is 0. The SMILES string of the molecule is C=CCCCOc1cc(C(=O)NCC(F)(F)F)ccc1-n1cc(C(=O)NC(C)(C)CO)nn1. The van der Waals surface area contributed by atoms with Crippen molar-refractivity contribution >= 4 is 11.8 Å². The molecule has 0 spiro atoms. The van der Waals surface area contributed by atoms with Gasteiger partial charge in [0.05, 0.1) is 24.9 Å². The van der Waals surface area contributed by atoms with Crippen molar-refractivity contribution in [3.8, 4) is 11.4 Å². The molecule has 0 aliphatic rings. The highest BCUT2D eigenvalue weighted by molar-refractivity contribution is 5.95. The first-order valence-corrected chi connectivity index (χ1v) is 10.0. The van der Waals surface area contributed by atoms with Gasteiger partial charge in [0.25, 0.3) is 11.8 Å². The molecule has 1 aromatic heterocycles. The van der Waals surface area contributed by atoms with E-state index in [1.807, 2.05) is 5.32 Å². The topological polar surface area (TPSA) is 118 Å². The van der Waals surface area contributed by atoms with Gasteiger partial charge in [-0.2, -0.15) is 13.2 Å². The number of halogens is 3. The predicted octanol–water partition coefficient (Wildman–Crippen LogP) is 2.41. The molecule has 2 amide bonds. The molecular weight excluding hydrogens is 443 g/mol. The Labute approximate surface area is 188 Å². The van der Waals surface area contributed by atoms with Crippen molar-refractivity contribution in [2.24, 2.45) is 0 Å². The second-order valence-electron chi connectivity index (χ2n) is 7.80. The third-order valence-corrected chi connectivity index (χ3v) is 4.30. The number of alkyl halides is 3. The lowest BCUT2D eigenvalue weighted by Gasteiger charge is -2.22. The van der Waals surface area contributed by atoms with Crippen LogP contribution in [0.4, 0.5) is 13.2 Å². The molecule has 9 nitrogen and oxygen atoms in total. The van der Waals surface area contributed by atoms with Crippen LogP contribution in [0.3, 0.4) is 0 Å². The highest BCUT2D eigenvalue weighted by Gasteiger charge is 2.28. The third kappa shape index (κ3) is 7.90. The van der Waals surface area contributed by atoms with E-state index in [4.69, 9.17) is 4.74 Å². The Hall–Kier alpha value is -3.41. The summed E-state index contributed by atoms with van der Waals surface area (Å²) in [4.78, 5) is 24.5. The molecule has 12 heteroatoms. The van der Waals surface area contributed by atoms with Crippen LogP contribution in [0, 0.1) is 0 Å². The largest absolute Gasteiger partial charge is 0.491 e. The number of carbonyl (C=O) groups excluding carboxylic acids is 2. The van der Waals surface area contributed by atoms with Gasteiger partial charge in [-0.05, 0) is 44.9 Å². The van der Waals surface area contributed by atoms with Gasteiger partial charge in [-0.15, -0.1) is 11.7 Å². The van der Waals surface area contributed by atoms with E-state index in [2.05, 4.69) is 22.2 Å². The molecule has 1 heterocycles. The molecule has 3 N–H and O–H groups in total. The van der Waals surface area contributed by atoms with Crippen molar-refractivity contribution in [2.45, 2.75) is 38.4 Å². The Kier molecular flexibility index (Phi) is 8.57. The number of hydrogen-bond donors (Lipinski definition) is 3. The van der Waals surface area contributed by atoms with Crippen molar-refractivity contribution in [1.82, 2.24) is 25.6 Å². The van der Waals surface area contributed by atoms with Crippen LogP contribution in [0.2, 0.25) is 0 Å². The van der Waals surface area contributed by atoms with E-state index in [0.29, 0.717) is 18.5 Å². The van der Waals surface area contributed by atoms with Gasteiger partial charge < -0.3 is 20.5 Å². The minimum Gasteiger partial charge on any atom is -0.491 e. The number of rotatable bonds is 11. The summed E-state index contributed by atoms with van der Waals surface area (Å²) in [5, 5.41) is 21.5. The van der Waals surface area contributed by atoms with Crippen LogP contribution in [-0.4, -0.2) is 63.4 Å². The zero-order chi connectivity index (χ0) is 24.6. The number of ether oxygens (including phenoxy) is 1. The number of nitrogens with one attached hydrogen (secondary N) is 2. The van der Waals surface area contributed by atoms with Crippen molar-refractivity contribution in [2.75, 3.05) is 19.8 Å². The summed E-state index contributed by atoms with van der Waals surface area (Å²) in [6.07, 6.45) is -0.203. The quantitative estimate of drug-likeness (QED) is 0.344. The second kappa shape index (κ2) is 10.9. The molecule has 0 saturated heterocycles. The number of benzene rings is 1. The van der Waals surface area contributed by atoms with E-state index < -0.39 is 30.1 Å². The van der Waals surface area contributed by atoms with Gasteiger partial charge in [0.1, 0.15) is 18.0 Å². The fourth-order valence-electron chi connectivity index (χ4n) is 2.55. The Morgan fingerprint density at radius 3 is 2.64 bits per heavy atom. The van der Waals surface area contributed by atoms with Gasteiger partial charge in [0, 0.05) is 5.56 Å². The monoisotopic (exact) mass is 469 g/mol. The van der Waals surface area contributed by atoms with E-state index in [-0.39, 0.29) is 30.2 Å². The molecular formula is C21H26F3N5O4. The average Bonchev–Trinajstić information content (AvgIpc) is 3.24.